The number of phenols is 2. The van der Waals surface area contributed by atoms with Gasteiger partial charge in [-0.05, 0) is 18.6 Å². The van der Waals surface area contributed by atoms with E-state index in [1.165, 1.54) is 54.1 Å². The summed E-state index contributed by atoms with van der Waals surface area (Å²) in [7, 11) is 0. The van der Waals surface area contributed by atoms with Gasteiger partial charge in [-0.15, -0.1) is 22.7 Å². The number of hydrogen-bond donors (Lipinski definition) is 2. The molecule has 18 heavy (non-hydrogen) atoms. The first-order valence-electron chi connectivity index (χ1n) is 6.17. The van der Waals surface area contributed by atoms with E-state index in [1.807, 2.05) is 0 Å². The van der Waals surface area contributed by atoms with Crippen LogP contribution in [0, 0.1) is 0 Å². The minimum Gasteiger partial charge on any atom is -0.506 e. The summed E-state index contributed by atoms with van der Waals surface area (Å²) in [6, 6.07) is 3.04. The van der Waals surface area contributed by atoms with Gasteiger partial charge in [0.25, 0.3) is 0 Å². The molecule has 0 aliphatic rings. The van der Waals surface area contributed by atoms with Crippen LogP contribution >= 0.6 is 22.7 Å². The van der Waals surface area contributed by atoms with E-state index in [4.69, 9.17) is 0 Å². The predicted molar refractivity (Wildman–Crippen MR) is 77.6 cm³/mol. The molecule has 0 bridgehead atoms. The van der Waals surface area contributed by atoms with E-state index in [9.17, 15) is 10.2 Å². The van der Waals surface area contributed by atoms with Gasteiger partial charge in [-0.2, -0.15) is 0 Å². The van der Waals surface area contributed by atoms with Crippen molar-refractivity contribution < 1.29 is 10.2 Å². The van der Waals surface area contributed by atoms with Crippen molar-refractivity contribution in [2.45, 2.75) is 32.6 Å². The molecule has 3 nitrogen and oxygen atoms in total. The first kappa shape index (κ1) is 13.4. The van der Waals surface area contributed by atoms with Gasteiger partial charge in [-0.1, -0.05) is 26.2 Å². The molecule has 5 heteroatoms. The molecule has 98 valence electrons. The minimum atomic E-state index is 0.219. The quantitative estimate of drug-likeness (QED) is 0.647. The van der Waals surface area contributed by atoms with Crippen LogP contribution in [0.4, 0.5) is 0 Å². The Hall–Kier alpha value is -1.07. The molecule has 0 saturated heterocycles. The van der Waals surface area contributed by atoms with E-state index in [1.54, 1.807) is 0 Å². The molecule has 0 aliphatic heterocycles. The Morgan fingerprint density at radius 1 is 1.00 bits per heavy atom. The van der Waals surface area contributed by atoms with Gasteiger partial charge in [0.15, 0.2) is 3.98 Å². The number of phenolic OH excluding ortho intramolecular Hbond substituents is 2. The molecule has 0 atom stereocenters. The molecule has 0 saturated carbocycles. The van der Waals surface area contributed by atoms with Crippen molar-refractivity contribution in [1.82, 2.24) is 0 Å². The number of rotatable bonds is 5. The van der Waals surface area contributed by atoms with Crippen LogP contribution in [0.15, 0.2) is 17.1 Å². The summed E-state index contributed by atoms with van der Waals surface area (Å²) >= 11 is 2.89. The van der Waals surface area contributed by atoms with Crippen LogP contribution in [0.1, 0.15) is 32.6 Å². The van der Waals surface area contributed by atoms with Crippen molar-refractivity contribution in [2.24, 2.45) is 4.99 Å². The van der Waals surface area contributed by atoms with E-state index < -0.39 is 0 Å². The van der Waals surface area contributed by atoms with Crippen molar-refractivity contribution in [3.63, 3.8) is 0 Å². The van der Waals surface area contributed by atoms with Crippen LogP contribution in [0.25, 0.3) is 9.40 Å². The zero-order valence-corrected chi connectivity index (χ0v) is 12.0. The maximum absolute atomic E-state index is 9.71. The lowest BCUT2D eigenvalue weighted by molar-refractivity contribution is 0.471. The molecule has 0 spiro atoms. The van der Waals surface area contributed by atoms with Crippen molar-refractivity contribution in [3.8, 4) is 11.5 Å². The van der Waals surface area contributed by atoms with Gasteiger partial charge in [0.1, 0.15) is 11.5 Å². The molecular formula is C13H17NO2S2. The SMILES string of the molecule is CCCCCCN=c1sc2c(O)ccc(O)c2s1. The van der Waals surface area contributed by atoms with Crippen LogP contribution in [-0.2, 0) is 0 Å². The van der Waals surface area contributed by atoms with Gasteiger partial charge in [0.05, 0.1) is 9.40 Å². The van der Waals surface area contributed by atoms with E-state index >= 15 is 0 Å². The Bertz CT molecular complexity index is 544. The van der Waals surface area contributed by atoms with Gasteiger partial charge in [-0.25, -0.2) is 0 Å². The second-order valence-corrected chi connectivity index (χ2v) is 6.43. The van der Waals surface area contributed by atoms with Crippen LogP contribution in [0.5, 0.6) is 11.5 Å². The maximum Gasteiger partial charge on any atom is 0.167 e. The molecule has 0 unspecified atom stereocenters. The van der Waals surface area contributed by atoms with Crippen molar-refractivity contribution in [3.05, 3.63) is 16.1 Å². The fourth-order valence-electron chi connectivity index (χ4n) is 1.71. The Morgan fingerprint density at radius 2 is 1.61 bits per heavy atom. The van der Waals surface area contributed by atoms with Gasteiger partial charge in [-0.3, -0.25) is 4.99 Å². The molecule has 1 aromatic carbocycles. The van der Waals surface area contributed by atoms with E-state index in [-0.39, 0.29) is 11.5 Å². The van der Waals surface area contributed by atoms with Gasteiger partial charge in [0, 0.05) is 6.54 Å². The fraction of sp³-hybridized carbons (Fsp3) is 0.462. The Kier molecular flexibility index (Phi) is 4.60. The van der Waals surface area contributed by atoms with Crippen LogP contribution in [0.3, 0.4) is 0 Å². The lowest BCUT2D eigenvalue weighted by atomic mass is 10.2. The Balaban J connectivity index is 2.17. The summed E-state index contributed by atoms with van der Waals surface area (Å²) in [5.41, 5.74) is 0. The highest BCUT2D eigenvalue weighted by Gasteiger charge is 2.08. The van der Waals surface area contributed by atoms with Crippen LogP contribution in [-0.4, -0.2) is 16.8 Å². The van der Waals surface area contributed by atoms with Crippen molar-refractivity contribution in [1.29, 1.82) is 0 Å². The predicted octanol–water partition coefficient (Wildman–Crippen LogP) is 3.86. The zero-order valence-electron chi connectivity index (χ0n) is 10.3. The molecule has 0 aliphatic carbocycles. The van der Waals surface area contributed by atoms with Crippen LogP contribution < -0.4 is 3.98 Å². The van der Waals surface area contributed by atoms with Crippen LogP contribution in [0.2, 0.25) is 0 Å². The Labute approximate surface area is 114 Å². The summed E-state index contributed by atoms with van der Waals surface area (Å²) in [5.74, 6) is 0.438. The molecule has 2 rings (SSSR count). The summed E-state index contributed by atoms with van der Waals surface area (Å²) < 4.78 is 2.37. The number of fused-ring (bicyclic) bond motifs is 1. The van der Waals surface area contributed by atoms with Crippen molar-refractivity contribution in [2.75, 3.05) is 6.54 Å². The molecule has 2 N–H and O–H groups in total. The van der Waals surface area contributed by atoms with E-state index in [0.717, 1.165) is 26.4 Å². The molecule has 0 amide bonds. The van der Waals surface area contributed by atoms with Gasteiger partial charge in [0.2, 0.25) is 0 Å². The Morgan fingerprint density at radius 3 is 2.17 bits per heavy atom. The molecule has 1 aromatic heterocycles. The normalized spacial score (nSPS) is 10.9. The second kappa shape index (κ2) is 6.20. The third kappa shape index (κ3) is 3.03. The number of nitrogens with zero attached hydrogens (tertiary/aromatic N) is 1. The first-order valence-corrected chi connectivity index (χ1v) is 7.80. The number of benzene rings is 1. The van der Waals surface area contributed by atoms with Crippen molar-refractivity contribution >= 4 is 32.1 Å². The topological polar surface area (TPSA) is 52.8 Å². The lowest BCUT2D eigenvalue weighted by Gasteiger charge is -1.94. The highest BCUT2D eigenvalue weighted by Crippen LogP contribution is 2.36. The fourth-order valence-corrected chi connectivity index (χ4v) is 4.03. The maximum atomic E-state index is 9.71. The number of hydrogen-bond acceptors (Lipinski definition) is 5. The first-order chi connectivity index (χ1) is 8.72. The highest BCUT2D eigenvalue weighted by atomic mass is 32.2. The molecular weight excluding hydrogens is 266 g/mol. The molecule has 0 fully saturated rings. The average molecular weight is 283 g/mol. The number of unbranched alkanes of at least 4 members (excludes halogenated alkanes) is 3. The monoisotopic (exact) mass is 283 g/mol. The smallest absolute Gasteiger partial charge is 0.167 e. The standard InChI is InChI=1S/C13H17NO2S2/c1-2-3-4-5-8-14-13-17-11-9(15)6-7-10(16)12(11)18-13/h6-7,15-16H,2-5,8H2,1H3. The number of aromatic hydroxyl groups is 2. The third-order valence-corrected chi connectivity index (χ3v) is 5.17. The zero-order chi connectivity index (χ0) is 13.0. The molecule has 1 heterocycles. The van der Waals surface area contributed by atoms with Gasteiger partial charge >= 0.3 is 0 Å². The third-order valence-electron chi connectivity index (χ3n) is 2.70. The summed E-state index contributed by atoms with van der Waals surface area (Å²) in [5, 5.41) is 19.4. The molecule has 2 aromatic rings. The van der Waals surface area contributed by atoms with Gasteiger partial charge < -0.3 is 10.2 Å². The summed E-state index contributed by atoms with van der Waals surface area (Å²) in [4.78, 5) is 4.51. The van der Waals surface area contributed by atoms with E-state index in [0.29, 0.717) is 0 Å². The largest absolute Gasteiger partial charge is 0.506 e. The second-order valence-electron chi connectivity index (χ2n) is 4.17. The summed E-state index contributed by atoms with van der Waals surface area (Å²) in [6.45, 7) is 3.02. The highest BCUT2D eigenvalue weighted by molar-refractivity contribution is 7.36. The summed E-state index contributed by atoms with van der Waals surface area (Å²) in [6.07, 6.45) is 4.80. The molecule has 0 radical (unpaired) electrons. The minimum absolute atomic E-state index is 0.219. The average Bonchev–Trinajstić information content (AvgIpc) is 2.79. The lowest BCUT2D eigenvalue weighted by Crippen LogP contribution is -1.90. The van der Waals surface area contributed by atoms with E-state index in [2.05, 4.69) is 11.9 Å².